The lowest BCUT2D eigenvalue weighted by Gasteiger charge is -2.14. The lowest BCUT2D eigenvalue weighted by atomic mass is 10.1. The van der Waals surface area contributed by atoms with Gasteiger partial charge in [-0.15, -0.1) is 0 Å². The van der Waals surface area contributed by atoms with Gasteiger partial charge in [0.2, 0.25) is 0 Å². The molecule has 25 heavy (non-hydrogen) atoms. The van der Waals surface area contributed by atoms with Crippen molar-refractivity contribution in [3.8, 4) is 0 Å². The molecule has 0 aliphatic carbocycles. The van der Waals surface area contributed by atoms with Crippen LogP contribution in [0.1, 0.15) is 28.0 Å². The second-order valence-corrected chi connectivity index (χ2v) is 6.74. The molecule has 1 aliphatic rings. The van der Waals surface area contributed by atoms with Gasteiger partial charge in [-0.3, -0.25) is 9.69 Å². The Morgan fingerprint density at radius 2 is 1.72 bits per heavy atom. The van der Waals surface area contributed by atoms with Gasteiger partial charge in [0, 0.05) is 44.1 Å². The molecule has 128 valence electrons. The van der Waals surface area contributed by atoms with Gasteiger partial charge in [-0.25, -0.2) is 0 Å². The first kappa shape index (κ1) is 15.9. The third-order valence-corrected chi connectivity index (χ3v) is 5.03. The summed E-state index contributed by atoms with van der Waals surface area (Å²) in [6, 6.07) is 18.7. The number of benzene rings is 2. The zero-order valence-electron chi connectivity index (χ0n) is 14.5. The Kier molecular flexibility index (Phi) is 4.28. The Balaban J connectivity index is 1.29. The van der Waals surface area contributed by atoms with Gasteiger partial charge < -0.3 is 9.88 Å². The van der Waals surface area contributed by atoms with Gasteiger partial charge in [0.05, 0.1) is 0 Å². The van der Waals surface area contributed by atoms with Crippen LogP contribution in [0.4, 0.5) is 0 Å². The summed E-state index contributed by atoms with van der Waals surface area (Å²) in [5, 5.41) is 4.16. The van der Waals surface area contributed by atoms with Crippen molar-refractivity contribution in [2.75, 3.05) is 13.1 Å². The van der Waals surface area contributed by atoms with Crippen LogP contribution in [-0.2, 0) is 20.1 Å². The minimum absolute atomic E-state index is 0.00316. The van der Waals surface area contributed by atoms with E-state index in [1.165, 1.54) is 11.1 Å². The molecule has 3 aromatic rings. The predicted molar refractivity (Wildman–Crippen MR) is 100 cm³/mol. The molecule has 1 aromatic heterocycles. The number of carbonyl (C=O) groups is 1. The second kappa shape index (κ2) is 6.73. The van der Waals surface area contributed by atoms with E-state index < -0.39 is 0 Å². The van der Waals surface area contributed by atoms with Gasteiger partial charge in [-0.1, -0.05) is 42.5 Å². The molecule has 0 spiro atoms. The summed E-state index contributed by atoms with van der Waals surface area (Å²) in [4.78, 5) is 14.9. The number of nitrogens with one attached hydrogen (secondary N) is 1. The summed E-state index contributed by atoms with van der Waals surface area (Å²) < 4.78 is 1.96. The van der Waals surface area contributed by atoms with E-state index in [2.05, 4.69) is 34.5 Å². The molecule has 0 saturated carbocycles. The summed E-state index contributed by atoms with van der Waals surface area (Å²) in [5.41, 5.74) is 4.67. The largest absolute Gasteiger partial charge is 0.351 e. The number of hydrogen-bond acceptors (Lipinski definition) is 2. The molecule has 0 unspecified atom stereocenters. The third-order valence-electron chi connectivity index (χ3n) is 5.03. The fourth-order valence-corrected chi connectivity index (χ4v) is 3.66. The van der Waals surface area contributed by atoms with E-state index in [9.17, 15) is 4.79 Å². The molecule has 0 radical (unpaired) electrons. The van der Waals surface area contributed by atoms with E-state index in [0.717, 1.165) is 42.7 Å². The molecule has 4 nitrogen and oxygen atoms in total. The third kappa shape index (κ3) is 3.17. The van der Waals surface area contributed by atoms with Crippen molar-refractivity contribution in [3.05, 3.63) is 71.4 Å². The highest BCUT2D eigenvalue weighted by atomic mass is 16.1. The van der Waals surface area contributed by atoms with E-state index in [1.807, 2.05) is 41.9 Å². The van der Waals surface area contributed by atoms with Gasteiger partial charge in [-0.2, -0.15) is 0 Å². The number of nitrogens with zero attached hydrogens (tertiary/aromatic N) is 2. The first-order valence-electron chi connectivity index (χ1n) is 8.84. The number of amides is 1. The molecular weight excluding hydrogens is 310 g/mol. The van der Waals surface area contributed by atoms with Crippen LogP contribution < -0.4 is 5.32 Å². The fourth-order valence-electron chi connectivity index (χ4n) is 3.66. The Labute approximate surface area is 148 Å². The summed E-state index contributed by atoms with van der Waals surface area (Å²) in [6.45, 7) is 3.75. The minimum atomic E-state index is 0.00316. The summed E-state index contributed by atoms with van der Waals surface area (Å²) in [6.07, 6.45) is 0.962. The molecular formula is C21H23N3O. The maximum atomic E-state index is 12.5. The van der Waals surface area contributed by atoms with Crippen LogP contribution in [0, 0.1) is 0 Å². The first-order chi connectivity index (χ1) is 12.2. The highest BCUT2D eigenvalue weighted by molar-refractivity contribution is 5.98. The average molecular weight is 333 g/mol. The van der Waals surface area contributed by atoms with E-state index in [1.54, 1.807) is 0 Å². The molecule has 1 amide bonds. The van der Waals surface area contributed by atoms with E-state index >= 15 is 0 Å². The molecule has 0 bridgehead atoms. The Morgan fingerprint density at radius 1 is 1.04 bits per heavy atom. The second-order valence-electron chi connectivity index (χ2n) is 6.74. The zero-order chi connectivity index (χ0) is 17.2. The number of hydrogen-bond donors (Lipinski definition) is 1. The zero-order valence-corrected chi connectivity index (χ0v) is 14.5. The smallest absolute Gasteiger partial charge is 0.267 e. The van der Waals surface area contributed by atoms with Crippen molar-refractivity contribution in [1.82, 2.24) is 14.8 Å². The number of fused-ring (bicyclic) bond motifs is 2. The van der Waals surface area contributed by atoms with Crippen molar-refractivity contribution < 1.29 is 4.79 Å². The highest BCUT2D eigenvalue weighted by Crippen LogP contribution is 2.22. The predicted octanol–water partition coefficient (Wildman–Crippen LogP) is 3.31. The van der Waals surface area contributed by atoms with Crippen LogP contribution in [0.5, 0.6) is 0 Å². The number of carbonyl (C=O) groups excluding carboxylic acids is 1. The molecule has 0 fully saturated rings. The van der Waals surface area contributed by atoms with Crippen molar-refractivity contribution in [2.45, 2.75) is 19.5 Å². The van der Waals surface area contributed by atoms with Crippen LogP contribution in [0.2, 0.25) is 0 Å². The molecule has 1 N–H and O–H groups in total. The highest BCUT2D eigenvalue weighted by Gasteiger charge is 2.17. The fraction of sp³-hybridized carbons (Fsp3) is 0.286. The van der Waals surface area contributed by atoms with Gasteiger partial charge in [0.15, 0.2) is 0 Å². The molecule has 2 heterocycles. The SMILES string of the molecule is Cn1c(C(=O)NCCCN2Cc3ccccc3C2)cc2ccccc21. The number of aromatic nitrogens is 1. The topological polar surface area (TPSA) is 37.3 Å². The Hall–Kier alpha value is -2.59. The maximum Gasteiger partial charge on any atom is 0.267 e. The van der Waals surface area contributed by atoms with E-state index in [4.69, 9.17) is 0 Å². The monoisotopic (exact) mass is 333 g/mol. The van der Waals surface area contributed by atoms with Gasteiger partial charge >= 0.3 is 0 Å². The molecule has 0 saturated heterocycles. The first-order valence-corrected chi connectivity index (χ1v) is 8.84. The number of aryl methyl sites for hydroxylation is 1. The summed E-state index contributed by atoms with van der Waals surface area (Å²) in [5.74, 6) is 0.00316. The molecule has 2 aromatic carbocycles. The average Bonchev–Trinajstić information content (AvgIpc) is 3.20. The standard InChI is InChI=1S/C21H23N3O/c1-23-19-10-5-4-7-16(19)13-20(23)21(25)22-11-6-12-24-14-17-8-2-3-9-18(17)15-24/h2-5,7-10,13H,6,11-12,14-15H2,1H3,(H,22,25). The van der Waals surface area contributed by atoms with Gasteiger partial charge in [0.1, 0.15) is 5.69 Å². The van der Waals surface area contributed by atoms with E-state index in [-0.39, 0.29) is 5.91 Å². The maximum absolute atomic E-state index is 12.5. The van der Waals surface area contributed by atoms with Crippen molar-refractivity contribution >= 4 is 16.8 Å². The van der Waals surface area contributed by atoms with Crippen LogP contribution in [0.15, 0.2) is 54.6 Å². The minimum Gasteiger partial charge on any atom is -0.351 e. The number of para-hydroxylation sites is 1. The number of rotatable bonds is 5. The van der Waals surface area contributed by atoms with Gasteiger partial charge in [0.25, 0.3) is 5.91 Å². The quantitative estimate of drug-likeness (QED) is 0.727. The van der Waals surface area contributed by atoms with Crippen LogP contribution in [0.3, 0.4) is 0 Å². The van der Waals surface area contributed by atoms with Crippen molar-refractivity contribution in [3.63, 3.8) is 0 Å². The Morgan fingerprint density at radius 3 is 2.44 bits per heavy atom. The van der Waals surface area contributed by atoms with Crippen LogP contribution in [0.25, 0.3) is 10.9 Å². The van der Waals surface area contributed by atoms with Crippen molar-refractivity contribution in [2.24, 2.45) is 7.05 Å². The lowest BCUT2D eigenvalue weighted by molar-refractivity contribution is 0.0944. The Bertz CT molecular complexity index is 887. The molecule has 1 aliphatic heterocycles. The lowest BCUT2D eigenvalue weighted by Crippen LogP contribution is -2.29. The van der Waals surface area contributed by atoms with Crippen LogP contribution in [-0.4, -0.2) is 28.5 Å². The molecule has 4 rings (SSSR count). The van der Waals surface area contributed by atoms with E-state index in [0.29, 0.717) is 6.54 Å². The molecule has 4 heteroatoms. The van der Waals surface area contributed by atoms with Gasteiger partial charge in [-0.05, 0) is 29.7 Å². The van der Waals surface area contributed by atoms with Crippen molar-refractivity contribution in [1.29, 1.82) is 0 Å². The normalized spacial score (nSPS) is 14.0. The summed E-state index contributed by atoms with van der Waals surface area (Å²) >= 11 is 0. The van der Waals surface area contributed by atoms with Crippen LogP contribution >= 0.6 is 0 Å². The molecule has 0 atom stereocenters. The summed E-state index contributed by atoms with van der Waals surface area (Å²) in [7, 11) is 1.94.